The lowest BCUT2D eigenvalue weighted by Crippen LogP contribution is -2.62. The second-order valence-corrected chi connectivity index (χ2v) is 27.3. The number of aromatic nitrogens is 1. The van der Waals surface area contributed by atoms with Crippen molar-refractivity contribution in [3.63, 3.8) is 0 Å². The maximum absolute atomic E-state index is 15.3. The number of hydrogen-bond acceptors (Lipinski definition) is 22. The number of carboxylic acid groups (broad SMARTS) is 1. The molecule has 0 radical (unpaired) electrons. The van der Waals surface area contributed by atoms with E-state index in [4.69, 9.17) is 22.9 Å². The Morgan fingerprint density at radius 3 is 1.66 bits per heavy atom. The number of amides is 11. The third-order valence-electron chi connectivity index (χ3n) is 16.6. The molecule has 2 aliphatic rings. The topological polar surface area (TPSA) is 515 Å². The number of nitrogens with zero attached hydrogens (tertiary/aromatic N) is 4. The van der Waals surface area contributed by atoms with Crippen molar-refractivity contribution in [3.05, 3.63) is 102 Å². The Morgan fingerprint density at radius 2 is 1.11 bits per heavy atom. The molecule has 546 valence electrons. The molecule has 3 aromatic carbocycles. The molecule has 0 bridgehead atoms. The van der Waals surface area contributed by atoms with Crippen LogP contribution in [-0.2, 0) is 76.8 Å². The van der Waals surface area contributed by atoms with Crippen LogP contribution in [0.1, 0.15) is 49.8 Å². The molecule has 0 aliphatic carbocycles. The summed E-state index contributed by atoms with van der Waals surface area (Å²) < 4.78 is 0. The lowest BCUT2D eigenvalue weighted by Gasteiger charge is -2.33. The highest BCUT2D eigenvalue weighted by Crippen LogP contribution is 2.25. The van der Waals surface area contributed by atoms with Gasteiger partial charge >= 0.3 is 5.97 Å². The first kappa shape index (κ1) is 80.0. The van der Waals surface area contributed by atoms with Crippen LogP contribution in [0.5, 0.6) is 5.75 Å². The van der Waals surface area contributed by atoms with Crippen molar-refractivity contribution in [2.45, 2.75) is 113 Å². The minimum atomic E-state index is -1.90. The first-order chi connectivity index (χ1) is 47.7. The van der Waals surface area contributed by atoms with Gasteiger partial charge in [-0.25, -0.2) is 4.79 Å². The fourth-order valence-electron chi connectivity index (χ4n) is 11.2. The van der Waals surface area contributed by atoms with Crippen molar-refractivity contribution in [1.82, 2.24) is 67.1 Å². The van der Waals surface area contributed by atoms with Crippen LogP contribution in [0.15, 0.2) is 85.1 Å². The number of aliphatic hydroxyl groups excluding tert-OH is 2. The number of primary amides is 3. The molecule has 6 rings (SSSR count). The van der Waals surface area contributed by atoms with Crippen molar-refractivity contribution in [1.29, 1.82) is 0 Å². The average Bonchev–Trinajstić information content (AvgIpc) is 1.59. The van der Waals surface area contributed by atoms with E-state index in [0.717, 1.165) is 28.5 Å². The highest BCUT2D eigenvalue weighted by Gasteiger charge is 2.38. The highest BCUT2D eigenvalue weighted by molar-refractivity contribution is 8.76. The van der Waals surface area contributed by atoms with Crippen LogP contribution in [0, 0.1) is 0 Å². The van der Waals surface area contributed by atoms with Crippen LogP contribution < -0.4 is 65.5 Å². The number of unbranched alkanes of at least 4 members (excludes halogenated alkanes) is 1. The number of nitrogens with two attached hydrogens (primary N) is 4. The molecule has 11 amide bonds. The van der Waals surface area contributed by atoms with Crippen molar-refractivity contribution < 1.29 is 78.0 Å². The summed E-state index contributed by atoms with van der Waals surface area (Å²) in [6, 6.07) is 8.29. The number of aliphatic carboxylic acids is 1. The summed E-state index contributed by atoms with van der Waals surface area (Å²) in [7, 11) is 1.70. The summed E-state index contributed by atoms with van der Waals surface area (Å²) in [6.07, 6.45) is -1.80. The molecule has 33 nitrogen and oxygen atoms in total. The van der Waals surface area contributed by atoms with Crippen LogP contribution in [0.3, 0.4) is 0 Å². The molecule has 1 aromatic heterocycles. The average molecular weight is 1430 g/mol. The molecule has 2 fully saturated rings. The van der Waals surface area contributed by atoms with Gasteiger partial charge in [0.1, 0.15) is 48.0 Å². The molecule has 3 heterocycles. The molecule has 0 unspecified atom stereocenters. The van der Waals surface area contributed by atoms with Gasteiger partial charge in [0.2, 0.25) is 65.0 Å². The van der Waals surface area contributed by atoms with E-state index in [1.54, 1.807) is 80.4 Å². The highest BCUT2D eigenvalue weighted by atomic mass is 33.1. The Bertz CT molecular complexity index is 3410. The van der Waals surface area contributed by atoms with Gasteiger partial charge in [-0.05, 0) is 74.5 Å². The first-order valence-corrected chi connectivity index (χ1v) is 35.2. The third-order valence-corrected chi connectivity index (χ3v) is 19.0. The van der Waals surface area contributed by atoms with Gasteiger partial charge in [0.25, 0.3) is 0 Å². The number of nitrogens with one attached hydrogen (secondary N) is 9. The molecule has 0 saturated carbocycles. The largest absolute Gasteiger partial charge is 0.508 e. The fourth-order valence-corrected chi connectivity index (χ4v) is 13.5. The number of hydrogen-bond donors (Lipinski definition) is 17. The normalized spacial score (nSPS) is 21.9. The second-order valence-electron chi connectivity index (χ2n) is 24.7. The summed E-state index contributed by atoms with van der Waals surface area (Å²) in [5.74, 6) is -12.1. The van der Waals surface area contributed by atoms with E-state index >= 15 is 14.4 Å². The summed E-state index contributed by atoms with van der Waals surface area (Å²) in [5.41, 5.74) is 24.9. The molecule has 10 atom stereocenters. The molecule has 21 N–H and O–H groups in total. The Hall–Kier alpha value is -8.94. The lowest BCUT2D eigenvalue weighted by molar-refractivity contribution is -0.145. The molecule has 2 saturated heterocycles. The van der Waals surface area contributed by atoms with Gasteiger partial charge < -0.3 is 90.9 Å². The zero-order chi connectivity index (χ0) is 73.0. The summed E-state index contributed by atoms with van der Waals surface area (Å²) in [5, 5.41) is 63.4. The van der Waals surface area contributed by atoms with Gasteiger partial charge in [-0.3, -0.25) is 72.3 Å². The number of phenols is 1. The van der Waals surface area contributed by atoms with Crippen LogP contribution in [0.2, 0.25) is 0 Å². The molecule has 35 heteroatoms. The van der Waals surface area contributed by atoms with Gasteiger partial charge in [-0.15, -0.1) is 0 Å². The maximum atomic E-state index is 15.3. The molecule has 2 aliphatic heterocycles. The van der Waals surface area contributed by atoms with Gasteiger partial charge in [0.15, 0.2) is 6.04 Å². The molecular formula is C65H93N17O16S2. The number of carbonyl (C=O) groups excluding carboxylic acids is 11. The van der Waals surface area contributed by atoms with Crippen LogP contribution in [-0.4, -0.2) is 273 Å². The van der Waals surface area contributed by atoms with Crippen LogP contribution in [0.25, 0.3) is 10.9 Å². The number of carboxylic acids is 1. The smallest absolute Gasteiger partial charge is 0.328 e. The standard InChI is InChI=1S/C65H93N17O16S2/c1-38(83)56-64(96)76-51(63(95)78-57(39(2)84)65(97)98)37-100-99-36-50(75-59(91)47(28-40-10-4-3-5-11-40)71-55(89)35-82-26-24-80(33-53(68)87)22-20-79(32-52(67)86)21-23-81(25-27-82)34-54(69)88)62(94)73-48(29-41-15-17-43(85)18-16-41)60(92)74-49(30-42-31-70-45-13-7-6-12-44(42)45)61(93)72-46(58(90)77-56)14-8-9-19-66/h3-7,10-13,15-18,31,38-39,46-51,56-57,70,83-85H,8-9,14,19-30,32-37,66H2,1-2H3,(H2,67,86)(H2,68,87)(H2,69,88)(H,71,89)(H,72,93)(H,73,94)(H,74,92)(H,75,91)(H,76,96)(H,77,90)(H,78,95)(H,97,98)/t38-,39-,46+,47-,48+,49-,50+,51+,56+,57+/m1/s1. The lowest BCUT2D eigenvalue weighted by atomic mass is 10.0. The van der Waals surface area contributed by atoms with Crippen molar-refractivity contribution in [3.8, 4) is 5.75 Å². The summed E-state index contributed by atoms with van der Waals surface area (Å²) in [4.78, 5) is 177. The van der Waals surface area contributed by atoms with E-state index in [-0.39, 0.29) is 123 Å². The maximum Gasteiger partial charge on any atom is 0.328 e. The Morgan fingerprint density at radius 1 is 0.590 bits per heavy atom. The molecule has 4 aromatic rings. The second kappa shape index (κ2) is 40.3. The van der Waals surface area contributed by atoms with E-state index in [1.165, 1.54) is 31.2 Å². The number of fused-ring (bicyclic) bond motifs is 1. The molecule has 0 spiro atoms. The van der Waals surface area contributed by atoms with Gasteiger partial charge in [0, 0.05) is 100 Å². The number of aromatic amines is 1. The number of carbonyl (C=O) groups is 12. The number of aromatic hydroxyl groups is 1. The first-order valence-electron chi connectivity index (χ1n) is 32.7. The van der Waals surface area contributed by atoms with E-state index < -0.39 is 143 Å². The molecule has 100 heavy (non-hydrogen) atoms. The number of phenolic OH excluding ortho intramolecular Hbond substituents is 1. The number of H-pyrrole nitrogens is 1. The fraction of sp³-hybridized carbons (Fsp3) is 0.508. The minimum absolute atomic E-state index is 0.0780. The Balaban J connectivity index is 1.41. The van der Waals surface area contributed by atoms with E-state index in [9.17, 15) is 63.6 Å². The quantitative estimate of drug-likeness (QED) is 0.0206. The Labute approximate surface area is 585 Å². The van der Waals surface area contributed by atoms with E-state index in [0.29, 0.717) is 34.0 Å². The summed E-state index contributed by atoms with van der Waals surface area (Å²) in [6.45, 7) is 3.46. The minimum Gasteiger partial charge on any atom is -0.508 e. The number of rotatable bonds is 26. The van der Waals surface area contributed by atoms with Crippen molar-refractivity contribution in [2.75, 3.05) is 96.6 Å². The third kappa shape index (κ3) is 26.6. The zero-order valence-corrected chi connectivity index (χ0v) is 57.4. The molecular weight excluding hydrogens is 1340 g/mol. The SMILES string of the molecule is C[C@@H](O)[C@H](NC(=O)[C@@H]1CSSC[C@H](NC(=O)[C@@H](Cc2ccccc2)NC(=O)CN2CCN(CC(N)=O)CCN(CC(N)=O)CCN(CC(N)=O)CC2)C(=O)N[C@@H](Cc2ccc(O)cc2)C(=O)N[C@H](Cc2c[nH]c3ccccc23)C(=O)N[C@@H](CCCCN)C(=O)N[C@@H]([C@@H](C)O)C(=O)N1)C(=O)O. The van der Waals surface area contributed by atoms with Crippen LogP contribution in [0.4, 0.5) is 0 Å². The van der Waals surface area contributed by atoms with E-state index in [1.807, 2.05) is 0 Å². The monoisotopic (exact) mass is 1430 g/mol. The predicted octanol–water partition coefficient (Wildman–Crippen LogP) is -5.17. The predicted molar refractivity (Wildman–Crippen MR) is 372 cm³/mol. The number of aliphatic hydroxyl groups is 2. The van der Waals surface area contributed by atoms with Crippen LogP contribution >= 0.6 is 21.6 Å². The number of benzene rings is 3. The van der Waals surface area contributed by atoms with Gasteiger partial charge in [-0.2, -0.15) is 0 Å². The van der Waals surface area contributed by atoms with Crippen molar-refractivity contribution in [2.24, 2.45) is 22.9 Å². The van der Waals surface area contributed by atoms with E-state index in [2.05, 4.69) is 47.5 Å². The van der Waals surface area contributed by atoms with Gasteiger partial charge in [-0.1, -0.05) is 82.3 Å². The summed E-state index contributed by atoms with van der Waals surface area (Å²) >= 11 is 0. The van der Waals surface area contributed by atoms with Gasteiger partial charge in [0.05, 0.1) is 38.4 Å². The van der Waals surface area contributed by atoms with Crippen molar-refractivity contribution >= 4 is 103 Å². The number of para-hydroxylation sites is 1. The zero-order valence-electron chi connectivity index (χ0n) is 55.8. The Kier molecular flexibility index (Phi) is 32.3.